The number of urea groups is 1. The minimum atomic E-state index is -1.01. The van der Waals surface area contributed by atoms with Gasteiger partial charge in [0.1, 0.15) is 5.54 Å². The SMILES string of the molecule is CN(C)C1(CNC(=O)NC2(C(=O)O)CC2)CCCC1. The van der Waals surface area contributed by atoms with E-state index in [4.69, 9.17) is 5.11 Å². The van der Waals surface area contributed by atoms with Crippen LogP contribution in [0.1, 0.15) is 38.5 Å². The molecule has 0 aromatic carbocycles. The van der Waals surface area contributed by atoms with Crippen LogP contribution in [0.2, 0.25) is 0 Å². The van der Waals surface area contributed by atoms with Crippen LogP contribution in [0, 0.1) is 0 Å². The Labute approximate surface area is 113 Å². The van der Waals surface area contributed by atoms with E-state index < -0.39 is 11.5 Å². The molecule has 0 saturated heterocycles. The van der Waals surface area contributed by atoms with Gasteiger partial charge in [0.05, 0.1) is 0 Å². The van der Waals surface area contributed by atoms with Crippen molar-refractivity contribution >= 4 is 12.0 Å². The largest absolute Gasteiger partial charge is 0.480 e. The van der Waals surface area contributed by atoms with Crippen molar-refractivity contribution in [3.8, 4) is 0 Å². The summed E-state index contributed by atoms with van der Waals surface area (Å²) in [5, 5.41) is 14.4. The molecule has 0 aromatic rings. The summed E-state index contributed by atoms with van der Waals surface area (Å²) in [6.45, 7) is 0.571. The van der Waals surface area contributed by atoms with Crippen LogP contribution in [-0.4, -0.2) is 53.7 Å². The third kappa shape index (κ3) is 2.83. The van der Waals surface area contributed by atoms with Gasteiger partial charge in [-0.15, -0.1) is 0 Å². The fourth-order valence-corrected chi connectivity index (χ4v) is 2.84. The van der Waals surface area contributed by atoms with Crippen molar-refractivity contribution in [3.05, 3.63) is 0 Å². The third-order valence-electron chi connectivity index (χ3n) is 4.57. The summed E-state index contributed by atoms with van der Waals surface area (Å²) in [5.74, 6) is -0.939. The number of hydrogen-bond acceptors (Lipinski definition) is 3. The first kappa shape index (κ1) is 14.1. The lowest BCUT2D eigenvalue weighted by atomic mass is 9.96. The Bertz CT molecular complexity index is 371. The number of carboxylic acids is 1. The number of hydrogen-bond donors (Lipinski definition) is 3. The molecule has 0 aliphatic heterocycles. The maximum absolute atomic E-state index is 11.8. The molecular formula is C13H23N3O3. The highest BCUT2D eigenvalue weighted by molar-refractivity contribution is 5.88. The van der Waals surface area contributed by atoms with Crippen LogP contribution in [0.25, 0.3) is 0 Å². The summed E-state index contributed by atoms with van der Waals surface area (Å²) < 4.78 is 0. The zero-order valence-corrected chi connectivity index (χ0v) is 11.7. The number of nitrogens with zero attached hydrogens (tertiary/aromatic N) is 1. The Morgan fingerprint density at radius 1 is 1.16 bits per heavy atom. The number of amides is 2. The first-order valence-electron chi connectivity index (χ1n) is 6.87. The second kappa shape index (κ2) is 5.00. The molecule has 2 aliphatic carbocycles. The number of likely N-dealkylation sites (N-methyl/N-ethyl adjacent to an activating group) is 1. The Kier molecular flexibility index (Phi) is 3.71. The molecule has 0 heterocycles. The minimum absolute atomic E-state index is 0.0251. The average Bonchev–Trinajstić information content (AvgIpc) is 2.96. The van der Waals surface area contributed by atoms with E-state index >= 15 is 0 Å². The molecule has 0 radical (unpaired) electrons. The molecule has 108 valence electrons. The lowest BCUT2D eigenvalue weighted by Gasteiger charge is -2.36. The van der Waals surface area contributed by atoms with Crippen molar-refractivity contribution < 1.29 is 14.7 Å². The fraction of sp³-hybridized carbons (Fsp3) is 0.846. The molecule has 2 saturated carbocycles. The number of nitrogens with one attached hydrogen (secondary N) is 2. The highest BCUT2D eigenvalue weighted by Crippen LogP contribution is 2.36. The zero-order valence-electron chi connectivity index (χ0n) is 11.7. The number of carbonyl (C=O) groups excluding carboxylic acids is 1. The van der Waals surface area contributed by atoms with E-state index in [0.29, 0.717) is 19.4 Å². The highest BCUT2D eigenvalue weighted by atomic mass is 16.4. The summed E-state index contributed by atoms with van der Waals surface area (Å²) in [5.41, 5.74) is -0.984. The third-order valence-corrected chi connectivity index (χ3v) is 4.57. The van der Waals surface area contributed by atoms with Crippen molar-refractivity contribution in [2.45, 2.75) is 49.6 Å². The van der Waals surface area contributed by atoms with Gasteiger partial charge in [0.2, 0.25) is 0 Å². The molecule has 0 atom stereocenters. The number of rotatable bonds is 5. The maximum Gasteiger partial charge on any atom is 0.329 e. The highest BCUT2D eigenvalue weighted by Gasteiger charge is 2.51. The van der Waals surface area contributed by atoms with Crippen molar-refractivity contribution in [1.82, 2.24) is 15.5 Å². The molecule has 6 nitrogen and oxygen atoms in total. The smallest absolute Gasteiger partial charge is 0.329 e. The maximum atomic E-state index is 11.8. The standard InChI is InChI=1S/C13H23N3O3/c1-16(2)12(5-3-4-6-12)9-14-11(19)15-13(7-8-13)10(17)18/h3-9H2,1-2H3,(H,17,18)(H2,14,15,19). The molecule has 0 spiro atoms. The van der Waals surface area contributed by atoms with Gasteiger partial charge >= 0.3 is 12.0 Å². The lowest BCUT2D eigenvalue weighted by Crippen LogP contribution is -2.55. The van der Waals surface area contributed by atoms with Crippen LogP contribution < -0.4 is 10.6 Å². The quantitative estimate of drug-likeness (QED) is 0.689. The van der Waals surface area contributed by atoms with Crippen molar-refractivity contribution in [2.24, 2.45) is 0 Å². The van der Waals surface area contributed by atoms with Crippen LogP contribution in [0.4, 0.5) is 4.79 Å². The van der Waals surface area contributed by atoms with Crippen molar-refractivity contribution in [2.75, 3.05) is 20.6 Å². The summed E-state index contributed by atoms with van der Waals surface area (Å²) in [6.07, 6.45) is 5.55. The second-order valence-corrected chi connectivity index (χ2v) is 6.02. The van der Waals surface area contributed by atoms with Crippen LogP contribution in [-0.2, 0) is 4.79 Å². The van der Waals surface area contributed by atoms with Gasteiger partial charge in [-0.25, -0.2) is 9.59 Å². The molecular weight excluding hydrogens is 246 g/mol. The van der Waals surface area contributed by atoms with E-state index in [1.165, 1.54) is 12.8 Å². The molecule has 19 heavy (non-hydrogen) atoms. The summed E-state index contributed by atoms with van der Waals surface area (Å²) in [6, 6.07) is -0.368. The molecule has 2 amide bonds. The predicted octanol–water partition coefficient (Wildman–Crippen LogP) is 0.777. The van der Waals surface area contributed by atoms with Gasteiger partial charge in [0, 0.05) is 12.1 Å². The molecule has 0 aromatic heterocycles. The summed E-state index contributed by atoms with van der Waals surface area (Å²) in [7, 11) is 4.06. The molecule has 2 aliphatic rings. The Hall–Kier alpha value is -1.30. The van der Waals surface area contributed by atoms with E-state index in [1.54, 1.807) is 0 Å². The van der Waals surface area contributed by atoms with Crippen LogP contribution >= 0.6 is 0 Å². The Balaban J connectivity index is 1.85. The minimum Gasteiger partial charge on any atom is -0.480 e. The second-order valence-electron chi connectivity index (χ2n) is 6.02. The van der Waals surface area contributed by atoms with Gasteiger partial charge in [0.15, 0.2) is 0 Å². The van der Waals surface area contributed by atoms with E-state index in [9.17, 15) is 9.59 Å². The number of carbonyl (C=O) groups is 2. The van der Waals surface area contributed by atoms with E-state index in [1.807, 2.05) is 14.1 Å². The van der Waals surface area contributed by atoms with Gasteiger partial charge in [-0.3, -0.25) is 0 Å². The molecule has 6 heteroatoms. The average molecular weight is 269 g/mol. The van der Waals surface area contributed by atoms with Crippen LogP contribution in [0.15, 0.2) is 0 Å². The lowest BCUT2D eigenvalue weighted by molar-refractivity contribution is -0.140. The number of aliphatic carboxylic acids is 1. The molecule has 2 fully saturated rings. The van der Waals surface area contributed by atoms with Gasteiger partial charge in [-0.05, 0) is 39.8 Å². The first-order valence-corrected chi connectivity index (χ1v) is 6.87. The van der Waals surface area contributed by atoms with E-state index in [-0.39, 0.29) is 11.6 Å². The molecule has 3 N–H and O–H groups in total. The number of carboxylic acid groups (broad SMARTS) is 1. The Morgan fingerprint density at radius 3 is 2.16 bits per heavy atom. The Morgan fingerprint density at radius 2 is 1.74 bits per heavy atom. The summed E-state index contributed by atoms with van der Waals surface area (Å²) in [4.78, 5) is 25.0. The monoisotopic (exact) mass is 269 g/mol. The molecule has 2 rings (SSSR count). The molecule has 0 unspecified atom stereocenters. The van der Waals surface area contributed by atoms with Gasteiger partial charge < -0.3 is 20.6 Å². The van der Waals surface area contributed by atoms with Crippen molar-refractivity contribution in [3.63, 3.8) is 0 Å². The van der Waals surface area contributed by atoms with Crippen LogP contribution in [0.5, 0.6) is 0 Å². The van der Waals surface area contributed by atoms with Crippen LogP contribution in [0.3, 0.4) is 0 Å². The van der Waals surface area contributed by atoms with Gasteiger partial charge in [0.25, 0.3) is 0 Å². The molecule has 0 bridgehead atoms. The fourth-order valence-electron chi connectivity index (χ4n) is 2.84. The normalized spacial score (nSPS) is 23.1. The summed E-state index contributed by atoms with van der Waals surface area (Å²) >= 11 is 0. The van der Waals surface area contributed by atoms with E-state index in [0.717, 1.165) is 12.8 Å². The van der Waals surface area contributed by atoms with E-state index in [2.05, 4.69) is 15.5 Å². The first-order chi connectivity index (χ1) is 8.90. The predicted molar refractivity (Wildman–Crippen MR) is 71.0 cm³/mol. The van der Waals surface area contributed by atoms with Gasteiger partial charge in [-0.2, -0.15) is 0 Å². The van der Waals surface area contributed by atoms with Crippen molar-refractivity contribution in [1.29, 1.82) is 0 Å². The zero-order chi connectivity index (χ0) is 14.1. The topological polar surface area (TPSA) is 81.7 Å². The van der Waals surface area contributed by atoms with Gasteiger partial charge in [-0.1, -0.05) is 12.8 Å².